The molecule has 0 spiro atoms. The highest BCUT2D eigenvalue weighted by molar-refractivity contribution is 14.1. The van der Waals surface area contributed by atoms with Crippen molar-refractivity contribution < 1.29 is 0 Å². The van der Waals surface area contributed by atoms with Crippen LogP contribution in [-0.2, 0) is 0 Å². The second-order valence-electron chi connectivity index (χ2n) is 3.66. The molecule has 0 bridgehead atoms. The molecule has 1 unspecified atom stereocenters. The third kappa shape index (κ3) is 2.27. The molecule has 1 aliphatic heterocycles. The number of benzene rings is 1. The fourth-order valence-electron chi connectivity index (χ4n) is 1.58. The lowest BCUT2D eigenvalue weighted by molar-refractivity contribution is 0.899. The minimum atomic E-state index is 0.458. The Labute approximate surface area is 109 Å². The van der Waals surface area contributed by atoms with Crippen LogP contribution in [0.25, 0.3) is 5.70 Å². The summed E-state index contributed by atoms with van der Waals surface area (Å²) in [5.74, 6) is 0. The molecule has 0 amide bonds. The van der Waals surface area contributed by atoms with E-state index in [2.05, 4.69) is 46.6 Å². The monoisotopic (exact) mass is 322 g/mol. The summed E-state index contributed by atoms with van der Waals surface area (Å²) in [6, 6.07) is 9.69. The van der Waals surface area contributed by atoms with Crippen molar-refractivity contribution in [2.24, 2.45) is 0 Å². The predicted octanol–water partition coefficient (Wildman–Crippen LogP) is 3.21. The Morgan fingerprint density at radius 2 is 2.06 bits per heavy atom. The van der Waals surface area contributed by atoms with E-state index in [1.807, 2.05) is 24.3 Å². The van der Waals surface area contributed by atoms with Crippen LogP contribution in [0.4, 0.5) is 0 Å². The molecular weight excluding hydrogens is 311 g/mol. The van der Waals surface area contributed by atoms with Crippen molar-refractivity contribution in [1.82, 2.24) is 5.32 Å². The van der Waals surface area contributed by atoms with E-state index in [0.717, 1.165) is 23.4 Å². The quantitative estimate of drug-likeness (QED) is 0.637. The lowest BCUT2D eigenvalue weighted by atomic mass is 10.0. The fourth-order valence-corrected chi connectivity index (χ4v) is 1.99. The summed E-state index contributed by atoms with van der Waals surface area (Å²) < 4.78 is 0.458. The van der Waals surface area contributed by atoms with Crippen molar-refractivity contribution in [2.75, 3.05) is 0 Å². The average Bonchev–Trinajstić information content (AvgIpc) is 2.33. The van der Waals surface area contributed by atoms with Crippen LogP contribution in [0.3, 0.4) is 0 Å². The van der Waals surface area contributed by atoms with Gasteiger partial charge in [0.15, 0.2) is 0 Å². The summed E-state index contributed by atoms with van der Waals surface area (Å²) in [4.78, 5) is 0. The molecule has 1 atom stereocenters. The summed E-state index contributed by atoms with van der Waals surface area (Å²) in [5.41, 5.74) is 3.92. The molecule has 0 radical (unpaired) electrons. The van der Waals surface area contributed by atoms with Crippen LogP contribution in [-0.4, -0.2) is 3.92 Å². The summed E-state index contributed by atoms with van der Waals surface area (Å²) in [6.07, 6.45) is 3.18. The van der Waals surface area contributed by atoms with Gasteiger partial charge < -0.3 is 5.32 Å². The number of hydrogen-bond donors (Lipinski definition) is 1. The van der Waals surface area contributed by atoms with Gasteiger partial charge in [-0.05, 0) is 24.1 Å². The zero-order chi connectivity index (χ0) is 11.5. The zero-order valence-corrected chi connectivity index (χ0v) is 10.9. The van der Waals surface area contributed by atoms with Crippen molar-refractivity contribution in [3.05, 3.63) is 53.7 Å². The van der Waals surface area contributed by atoms with E-state index in [-0.39, 0.29) is 0 Å². The smallest absolute Gasteiger partial charge is 0.0991 e. The maximum Gasteiger partial charge on any atom is 0.0991 e. The number of nitrogens with one attached hydrogen (secondary N) is 1. The Morgan fingerprint density at radius 3 is 2.62 bits per heavy atom. The standard InChI is InChI=1S/C13H11IN2/c1-9-12(14)6-7-13(16-9)11-4-2-10(8-15)3-5-11/h2-5,7,12,16H,1,6H2. The van der Waals surface area contributed by atoms with Gasteiger partial charge in [-0.1, -0.05) is 47.4 Å². The maximum absolute atomic E-state index is 8.72. The van der Waals surface area contributed by atoms with E-state index in [4.69, 9.17) is 5.26 Å². The Balaban J connectivity index is 2.25. The van der Waals surface area contributed by atoms with Crippen molar-refractivity contribution >= 4 is 28.3 Å². The third-order valence-electron chi connectivity index (χ3n) is 2.53. The largest absolute Gasteiger partial charge is 0.358 e. The summed E-state index contributed by atoms with van der Waals surface area (Å²) >= 11 is 2.37. The molecule has 16 heavy (non-hydrogen) atoms. The first-order chi connectivity index (χ1) is 7.70. The van der Waals surface area contributed by atoms with Crippen LogP contribution in [0, 0.1) is 11.3 Å². The molecule has 0 saturated heterocycles. The van der Waals surface area contributed by atoms with Gasteiger partial charge in [0.2, 0.25) is 0 Å². The second-order valence-corrected chi connectivity index (χ2v) is 5.16. The number of rotatable bonds is 1. The summed E-state index contributed by atoms with van der Waals surface area (Å²) in [5, 5.41) is 12.0. The van der Waals surface area contributed by atoms with E-state index >= 15 is 0 Å². The van der Waals surface area contributed by atoms with E-state index in [0.29, 0.717) is 9.49 Å². The summed E-state index contributed by atoms with van der Waals surface area (Å²) in [6.45, 7) is 3.99. The van der Waals surface area contributed by atoms with Crippen LogP contribution in [0.1, 0.15) is 17.5 Å². The number of allylic oxidation sites excluding steroid dienone is 2. The highest BCUT2D eigenvalue weighted by Gasteiger charge is 2.15. The SMILES string of the molecule is C=C1NC(c2ccc(C#N)cc2)=CCC1I. The van der Waals surface area contributed by atoms with E-state index in [9.17, 15) is 0 Å². The van der Waals surface area contributed by atoms with Gasteiger partial charge in [0.05, 0.1) is 15.6 Å². The molecule has 2 rings (SSSR count). The van der Waals surface area contributed by atoms with Gasteiger partial charge in [-0.15, -0.1) is 0 Å². The van der Waals surface area contributed by atoms with Crippen LogP contribution < -0.4 is 5.32 Å². The molecule has 1 N–H and O–H groups in total. The minimum absolute atomic E-state index is 0.458. The van der Waals surface area contributed by atoms with Crippen molar-refractivity contribution in [3.8, 4) is 6.07 Å². The van der Waals surface area contributed by atoms with Gasteiger partial charge in [0.1, 0.15) is 0 Å². The first kappa shape index (κ1) is 11.2. The second kappa shape index (κ2) is 4.71. The highest BCUT2D eigenvalue weighted by Crippen LogP contribution is 2.25. The lowest BCUT2D eigenvalue weighted by Crippen LogP contribution is -2.22. The number of hydrogen-bond acceptors (Lipinski definition) is 2. The molecule has 0 aromatic heterocycles. The van der Waals surface area contributed by atoms with E-state index in [1.54, 1.807) is 0 Å². The Kier molecular flexibility index (Phi) is 3.30. The Bertz CT molecular complexity index is 480. The van der Waals surface area contributed by atoms with Crippen LogP contribution >= 0.6 is 22.6 Å². The normalized spacial score (nSPS) is 19.6. The van der Waals surface area contributed by atoms with Gasteiger partial charge >= 0.3 is 0 Å². The molecule has 0 saturated carbocycles. The molecule has 1 aliphatic rings. The van der Waals surface area contributed by atoms with Gasteiger partial charge in [0, 0.05) is 11.4 Å². The number of nitriles is 1. The third-order valence-corrected chi connectivity index (χ3v) is 3.79. The number of alkyl halides is 1. The van der Waals surface area contributed by atoms with Crippen molar-refractivity contribution in [1.29, 1.82) is 5.26 Å². The van der Waals surface area contributed by atoms with Gasteiger partial charge in [-0.25, -0.2) is 0 Å². The topological polar surface area (TPSA) is 35.8 Å². The van der Waals surface area contributed by atoms with Crippen molar-refractivity contribution in [2.45, 2.75) is 10.3 Å². The van der Waals surface area contributed by atoms with Crippen LogP contribution in [0.2, 0.25) is 0 Å². The Hall–Kier alpha value is -1.28. The fraction of sp³-hybridized carbons (Fsp3) is 0.154. The van der Waals surface area contributed by atoms with E-state index in [1.165, 1.54) is 0 Å². The maximum atomic E-state index is 8.72. The molecule has 2 nitrogen and oxygen atoms in total. The molecule has 1 aromatic carbocycles. The zero-order valence-electron chi connectivity index (χ0n) is 8.70. The molecular formula is C13H11IN2. The number of nitrogens with zero attached hydrogens (tertiary/aromatic N) is 1. The predicted molar refractivity (Wildman–Crippen MR) is 73.8 cm³/mol. The van der Waals surface area contributed by atoms with Crippen LogP contribution in [0.5, 0.6) is 0 Å². The van der Waals surface area contributed by atoms with Gasteiger partial charge in [0.25, 0.3) is 0 Å². The molecule has 3 heteroatoms. The molecule has 0 aliphatic carbocycles. The molecule has 80 valence electrons. The Morgan fingerprint density at radius 1 is 1.38 bits per heavy atom. The van der Waals surface area contributed by atoms with Gasteiger partial charge in [-0.2, -0.15) is 5.26 Å². The average molecular weight is 322 g/mol. The highest BCUT2D eigenvalue weighted by atomic mass is 127. The van der Waals surface area contributed by atoms with Gasteiger partial charge in [-0.3, -0.25) is 0 Å². The van der Waals surface area contributed by atoms with Crippen molar-refractivity contribution in [3.63, 3.8) is 0 Å². The van der Waals surface area contributed by atoms with Crippen LogP contribution in [0.15, 0.2) is 42.6 Å². The molecule has 0 fully saturated rings. The first-order valence-electron chi connectivity index (χ1n) is 5.01. The molecule has 1 aromatic rings. The molecule has 1 heterocycles. The van der Waals surface area contributed by atoms with E-state index < -0.39 is 0 Å². The number of halogens is 1. The lowest BCUT2D eigenvalue weighted by Gasteiger charge is -2.22. The summed E-state index contributed by atoms with van der Waals surface area (Å²) in [7, 11) is 0. The first-order valence-corrected chi connectivity index (χ1v) is 6.26. The minimum Gasteiger partial charge on any atom is -0.358 e.